The molecule has 0 fully saturated rings. The number of aromatic amines is 2. The normalized spacial score (nSPS) is 10.8. The molecule has 3 heterocycles. The number of pyridine rings is 1. The number of benzene rings is 2. The molecule has 1 amide bonds. The molecule has 0 aliphatic heterocycles. The summed E-state index contributed by atoms with van der Waals surface area (Å²) in [5.74, 6) is 0.947. The van der Waals surface area contributed by atoms with Gasteiger partial charge in [-0.2, -0.15) is 5.10 Å². The fourth-order valence-corrected chi connectivity index (χ4v) is 3.71. The van der Waals surface area contributed by atoms with Crippen molar-refractivity contribution < 1.29 is 14.3 Å². The van der Waals surface area contributed by atoms with Crippen LogP contribution in [0.4, 0.5) is 5.69 Å². The van der Waals surface area contributed by atoms with Gasteiger partial charge in [0.25, 0.3) is 5.91 Å². The molecule has 0 saturated carbocycles. The zero-order chi connectivity index (χ0) is 22.8. The van der Waals surface area contributed by atoms with Crippen LogP contribution in [-0.4, -0.2) is 40.3 Å². The van der Waals surface area contributed by atoms with Crippen molar-refractivity contribution in [1.82, 2.24) is 20.2 Å². The first-order valence-corrected chi connectivity index (χ1v) is 10.3. The van der Waals surface area contributed by atoms with Gasteiger partial charge < -0.3 is 19.8 Å². The van der Waals surface area contributed by atoms with E-state index in [0.717, 1.165) is 33.3 Å². The number of carbonyl (C=O) groups excluding carboxylic acids is 1. The van der Waals surface area contributed by atoms with Gasteiger partial charge in [-0.05, 0) is 35.9 Å². The fraction of sp³-hybridized carbons (Fsp3) is 0.0800. The van der Waals surface area contributed by atoms with Crippen LogP contribution in [0.1, 0.15) is 10.4 Å². The van der Waals surface area contributed by atoms with Crippen LogP contribution in [0.5, 0.6) is 11.5 Å². The van der Waals surface area contributed by atoms with E-state index in [2.05, 4.69) is 31.5 Å². The third kappa shape index (κ3) is 3.89. The average molecular weight is 439 g/mol. The van der Waals surface area contributed by atoms with Crippen LogP contribution in [0.25, 0.3) is 33.3 Å². The lowest BCUT2D eigenvalue weighted by Gasteiger charge is -2.12. The second kappa shape index (κ2) is 8.51. The summed E-state index contributed by atoms with van der Waals surface area (Å²) in [5, 5.41) is 10.8. The Balaban J connectivity index is 1.39. The number of rotatable bonds is 6. The Hall–Kier alpha value is -4.59. The molecule has 3 N–H and O–H groups in total. The molecular weight excluding hydrogens is 418 g/mol. The Morgan fingerprint density at radius 2 is 1.76 bits per heavy atom. The Morgan fingerprint density at radius 3 is 2.48 bits per heavy atom. The average Bonchev–Trinajstić information content (AvgIpc) is 3.53. The van der Waals surface area contributed by atoms with Crippen LogP contribution >= 0.6 is 0 Å². The predicted octanol–water partition coefficient (Wildman–Crippen LogP) is 4.89. The van der Waals surface area contributed by atoms with Crippen molar-refractivity contribution in [2.24, 2.45) is 0 Å². The quantitative estimate of drug-likeness (QED) is 0.349. The monoisotopic (exact) mass is 439 g/mol. The molecule has 2 aromatic carbocycles. The van der Waals surface area contributed by atoms with Crippen LogP contribution in [-0.2, 0) is 0 Å². The maximum atomic E-state index is 12.8. The summed E-state index contributed by atoms with van der Waals surface area (Å²) in [6.07, 6.45) is 7.36. The third-order valence-electron chi connectivity index (χ3n) is 5.48. The number of hydrogen-bond donors (Lipinski definition) is 3. The van der Waals surface area contributed by atoms with Crippen molar-refractivity contribution in [2.75, 3.05) is 19.5 Å². The molecule has 0 spiro atoms. The Morgan fingerprint density at radius 1 is 0.909 bits per heavy atom. The van der Waals surface area contributed by atoms with Crippen molar-refractivity contribution in [3.8, 4) is 33.8 Å². The van der Waals surface area contributed by atoms with Gasteiger partial charge in [-0.15, -0.1) is 0 Å². The van der Waals surface area contributed by atoms with Crippen molar-refractivity contribution >= 4 is 22.6 Å². The molecule has 8 heteroatoms. The van der Waals surface area contributed by atoms with Crippen LogP contribution in [0.3, 0.4) is 0 Å². The Labute approximate surface area is 189 Å². The fourth-order valence-electron chi connectivity index (χ4n) is 3.71. The van der Waals surface area contributed by atoms with E-state index in [9.17, 15) is 4.79 Å². The summed E-state index contributed by atoms with van der Waals surface area (Å²) in [6, 6.07) is 14.7. The number of anilines is 1. The number of H-pyrrole nitrogens is 2. The van der Waals surface area contributed by atoms with E-state index in [1.54, 1.807) is 50.7 Å². The maximum Gasteiger partial charge on any atom is 0.255 e. The van der Waals surface area contributed by atoms with Crippen molar-refractivity contribution in [3.63, 3.8) is 0 Å². The second-order valence-electron chi connectivity index (χ2n) is 7.41. The van der Waals surface area contributed by atoms with Gasteiger partial charge in [0.1, 0.15) is 17.1 Å². The van der Waals surface area contributed by atoms with Gasteiger partial charge in [0, 0.05) is 52.3 Å². The van der Waals surface area contributed by atoms with Crippen molar-refractivity contribution in [1.29, 1.82) is 0 Å². The summed E-state index contributed by atoms with van der Waals surface area (Å²) in [6.45, 7) is 0. The first-order chi connectivity index (χ1) is 16.2. The van der Waals surface area contributed by atoms with Gasteiger partial charge in [-0.3, -0.25) is 9.89 Å². The smallest absolute Gasteiger partial charge is 0.255 e. The van der Waals surface area contributed by atoms with Crippen LogP contribution in [0, 0.1) is 0 Å². The molecule has 0 radical (unpaired) electrons. The zero-order valence-corrected chi connectivity index (χ0v) is 18.0. The molecule has 3 aromatic heterocycles. The molecule has 0 aliphatic carbocycles. The molecule has 164 valence electrons. The molecule has 5 aromatic rings. The minimum atomic E-state index is -0.230. The number of hydrogen-bond acceptors (Lipinski definition) is 5. The standard InChI is InChI=1S/C25H21N5O3/c1-32-19-7-8-22(23(10-19)33-2)30-25(31)16-5-3-15(4-6-16)17-9-20-21(18-12-28-29-13-18)14-27-24(20)26-11-17/h3-14H,1-2H3,(H,26,27)(H,28,29)(H,30,31). The molecule has 8 nitrogen and oxygen atoms in total. The highest BCUT2D eigenvalue weighted by molar-refractivity contribution is 6.05. The predicted molar refractivity (Wildman–Crippen MR) is 127 cm³/mol. The summed E-state index contributed by atoms with van der Waals surface area (Å²) < 4.78 is 10.6. The molecule has 0 unspecified atom stereocenters. The third-order valence-corrected chi connectivity index (χ3v) is 5.48. The minimum Gasteiger partial charge on any atom is -0.497 e. The van der Waals surface area contributed by atoms with Crippen molar-refractivity contribution in [3.05, 3.63) is 78.9 Å². The lowest BCUT2D eigenvalue weighted by Crippen LogP contribution is -2.12. The number of fused-ring (bicyclic) bond motifs is 1. The van der Waals surface area contributed by atoms with Gasteiger partial charge >= 0.3 is 0 Å². The van der Waals surface area contributed by atoms with E-state index >= 15 is 0 Å². The van der Waals surface area contributed by atoms with Gasteiger partial charge in [0.2, 0.25) is 0 Å². The summed E-state index contributed by atoms with van der Waals surface area (Å²) in [7, 11) is 3.13. The van der Waals surface area contributed by atoms with Gasteiger partial charge in [0.15, 0.2) is 0 Å². The van der Waals surface area contributed by atoms with Crippen LogP contribution < -0.4 is 14.8 Å². The molecule has 0 saturated heterocycles. The highest BCUT2D eigenvalue weighted by atomic mass is 16.5. The number of nitrogens with one attached hydrogen (secondary N) is 3. The lowest BCUT2D eigenvalue weighted by molar-refractivity contribution is 0.102. The first-order valence-electron chi connectivity index (χ1n) is 10.3. The molecule has 0 aliphatic rings. The highest BCUT2D eigenvalue weighted by Crippen LogP contribution is 2.31. The van der Waals surface area contributed by atoms with Crippen LogP contribution in [0.2, 0.25) is 0 Å². The topological polar surface area (TPSA) is 105 Å². The van der Waals surface area contributed by atoms with Crippen LogP contribution in [0.15, 0.2) is 73.3 Å². The molecule has 5 rings (SSSR count). The second-order valence-corrected chi connectivity index (χ2v) is 7.41. The van der Waals surface area contributed by atoms with Gasteiger partial charge in [-0.25, -0.2) is 4.98 Å². The van der Waals surface area contributed by atoms with E-state index < -0.39 is 0 Å². The van der Waals surface area contributed by atoms with E-state index in [-0.39, 0.29) is 5.91 Å². The summed E-state index contributed by atoms with van der Waals surface area (Å²) in [4.78, 5) is 20.5. The van der Waals surface area contributed by atoms with E-state index in [1.807, 2.05) is 30.7 Å². The summed E-state index contributed by atoms with van der Waals surface area (Å²) in [5.41, 5.74) is 5.84. The highest BCUT2D eigenvalue weighted by Gasteiger charge is 2.13. The van der Waals surface area contributed by atoms with E-state index in [1.165, 1.54) is 0 Å². The first kappa shape index (κ1) is 20.3. The van der Waals surface area contributed by atoms with E-state index in [4.69, 9.17) is 9.47 Å². The largest absolute Gasteiger partial charge is 0.497 e. The number of ether oxygens (including phenoxy) is 2. The number of methoxy groups -OCH3 is 2. The SMILES string of the molecule is COc1ccc(NC(=O)c2ccc(-c3cnc4[nH]cc(-c5cn[nH]c5)c4c3)cc2)c(OC)c1. The summed E-state index contributed by atoms with van der Waals surface area (Å²) >= 11 is 0. The molecule has 0 bridgehead atoms. The Bertz CT molecular complexity index is 1420. The minimum absolute atomic E-state index is 0.230. The van der Waals surface area contributed by atoms with E-state index in [0.29, 0.717) is 22.7 Å². The number of amides is 1. The molecular formula is C25H21N5O3. The molecule has 33 heavy (non-hydrogen) atoms. The zero-order valence-electron chi connectivity index (χ0n) is 18.0. The Kier molecular flexibility index (Phi) is 5.24. The van der Waals surface area contributed by atoms with Gasteiger partial charge in [-0.1, -0.05) is 12.1 Å². The number of aromatic nitrogens is 4. The molecule has 0 atom stereocenters. The van der Waals surface area contributed by atoms with Crippen molar-refractivity contribution in [2.45, 2.75) is 0 Å². The lowest BCUT2D eigenvalue weighted by atomic mass is 10.0. The maximum absolute atomic E-state index is 12.8. The van der Waals surface area contributed by atoms with Gasteiger partial charge in [0.05, 0.1) is 26.1 Å². The number of carbonyl (C=O) groups is 1. The number of nitrogens with zero attached hydrogens (tertiary/aromatic N) is 2.